The van der Waals surface area contributed by atoms with Crippen LogP contribution in [-0.2, 0) is 0 Å². The monoisotopic (exact) mass is 180 g/mol. The second-order valence-corrected chi connectivity index (χ2v) is 3.27. The van der Waals surface area contributed by atoms with Gasteiger partial charge in [0.15, 0.2) is 0 Å². The topological polar surface area (TPSA) is 35.8 Å². The van der Waals surface area contributed by atoms with Crippen LogP contribution < -0.4 is 5.32 Å². The molecule has 0 rings (SSSR count). The molecule has 0 saturated heterocycles. The lowest BCUT2D eigenvalue weighted by Gasteiger charge is -1.99. The number of nitrogens with zero attached hydrogens (tertiary/aromatic N) is 1. The normalized spacial score (nSPS) is 12.7. The first-order valence-corrected chi connectivity index (χ1v) is 5.12. The Balaban J connectivity index is 3.18. The fourth-order valence-electron chi connectivity index (χ4n) is 1.02. The number of nitriles is 1. The van der Waals surface area contributed by atoms with E-state index in [9.17, 15) is 0 Å². The van der Waals surface area contributed by atoms with E-state index in [4.69, 9.17) is 5.26 Å². The Morgan fingerprint density at radius 2 is 2.15 bits per heavy atom. The molecular formula is C11H20N2. The van der Waals surface area contributed by atoms with E-state index in [2.05, 4.69) is 24.4 Å². The van der Waals surface area contributed by atoms with Gasteiger partial charge in [0, 0.05) is 0 Å². The maximum absolute atomic E-state index is 8.46. The number of rotatable bonds is 7. The largest absolute Gasteiger partial charge is 0.376 e. The van der Waals surface area contributed by atoms with Crippen molar-refractivity contribution in [2.24, 2.45) is 0 Å². The molecular weight excluding hydrogens is 160 g/mol. The van der Waals surface area contributed by atoms with Crippen LogP contribution in [0.25, 0.3) is 0 Å². The first-order chi connectivity index (χ1) is 6.31. The lowest BCUT2D eigenvalue weighted by molar-refractivity contribution is 0.672. The summed E-state index contributed by atoms with van der Waals surface area (Å²) < 4.78 is 0. The van der Waals surface area contributed by atoms with Gasteiger partial charge in [-0.25, -0.2) is 0 Å². The summed E-state index contributed by atoms with van der Waals surface area (Å²) >= 11 is 0. The van der Waals surface area contributed by atoms with Crippen molar-refractivity contribution in [2.75, 3.05) is 0 Å². The summed E-state index contributed by atoms with van der Waals surface area (Å²) in [5, 5.41) is 11.4. The molecule has 1 atom stereocenters. The quantitative estimate of drug-likeness (QED) is 0.611. The Bertz CT molecular complexity index is 167. The van der Waals surface area contributed by atoms with Gasteiger partial charge < -0.3 is 5.32 Å². The minimum atomic E-state index is -0.0770. The van der Waals surface area contributed by atoms with Crippen LogP contribution in [0, 0.1) is 11.3 Å². The predicted octanol–water partition coefficient (Wildman–Crippen LogP) is 2.97. The van der Waals surface area contributed by atoms with Crippen LogP contribution in [0.5, 0.6) is 0 Å². The molecule has 0 bridgehead atoms. The van der Waals surface area contributed by atoms with E-state index in [-0.39, 0.29) is 6.04 Å². The Hall–Kier alpha value is -0.970. The lowest BCUT2D eigenvalue weighted by atomic mass is 10.1. The molecule has 0 amide bonds. The van der Waals surface area contributed by atoms with Crippen molar-refractivity contribution >= 4 is 0 Å². The third-order valence-electron chi connectivity index (χ3n) is 1.88. The summed E-state index contributed by atoms with van der Waals surface area (Å²) in [7, 11) is 0. The molecule has 0 aliphatic carbocycles. The van der Waals surface area contributed by atoms with Gasteiger partial charge in [-0.1, -0.05) is 32.3 Å². The van der Waals surface area contributed by atoms with E-state index in [1.165, 1.54) is 25.7 Å². The number of unbranched alkanes of at least 4 members (excludes halogenated alkanes) is 4. The molecule has 0 aromatic carbocycles. The third kappa shape index (κ3) is 8.94. The summed E-state index contributed by atoms with van der Waals surface area (Å²) in [4.78, 5) is 0. The van der Waals surface area contributed by atoms with Crippen molar-refractivity contribution in [1.29, 1.82) is 5.26 Å². The fraction of sp³-hybridized carbons (Fsp3) is 0.727. The molecule has 0 saturated carbocycles. The molecule has 0 aliphatic heterocycles. The molecule has 74 valence electrons. The van der Waals surface area contributed by atoms with Crippen LogP contribution in [0.3, 0.4) is 0 Å². The number of nitrogens with one attached hydrogen (secondary N) is 1. The van der Waals surface area contributed by atoms with E-state index >= 15 is 0 Å². The average Bonchev–Trinajstić information content (AvgIpc) is 2.16. The van der Waals surface area contributed by atoms with Gasteiger partial charge in [0.1, 0.15) is 6.04 Å². The Kier molecular flexibility index (Phi) is 8.44. The molecule has 1 unspecified atom stereocenters. The first kappa shape index (κ1) is 12.0. The molecule has 0 heterocycles. The van der Waals surface area contributed by atoms with Gasteiger partial charge in [-0.15, -0.1) is 0 Å². The van der Waals surface area contributed by atoms with Crippen molar-refractivity contribution in [3.63, 3.8) is 0 Å². The van der Waals surface area contributed by atoms with Gasteiger partial charge in [-0.3, -0.25) is 0 Å². The van der Waals surface area contributed by atoms with Crippen LogP contribution >= 0.6 is 0 Å². The number of allylic oxidation sites excluding steroid dienone is 1. The van der Waals surface area contributed by atoms with Crippen LogP contribution in [0.1, 0.15) is 46.0 Å². The minimum absolute atomic E-state index is 0.0770. The highest BCUT2D eigenvalue weighted by Gasteiger charge is 1.90. The van der Waals surface area contributed by atoms with Crippen LogP contribution in [0.2, 0.25) is 0 Å². The van der Waals surface area contributed by atoms with E-state index in [1.807, 2.05) is 13.1 Å². The fourth-order valence-corrected chi connectivity index (χ4v) is 1.02. The summed E-state index contributed by atoms with van der Waals surface area (Å²) in [5.41, 5.74) is 0. The summed E-state index contributed by atoms with van der Waals surface area (Å²) in [6.45, 7) is 4.06. The van der Waals surface area contributed by atoms with Gasteiger partial charge in [0.25, 0.3) is 0 Å². The van der Waals surface area contributed by atoms with Crippen molar-refractivity contribution in [3.05, 3.63) is 12.3 Å². The lowest BCUT2D eigenvalue weighted by Crippen LogP contribution is -2.17. The van der Waals surface area contributed by atoms with Gasteiger partial charge in [-0.05, 0) is 26.0 Å². The van der Waals surface area contributed by atoms with Gasteiger partial charge >= 0.3 is 0 Å². The molecule has 2 heteroatoms. The third-order valence-corrected chi connectivity index (χ3v) is 1.88. The second-order valence-electron chi connectivity index (χ2n) is 3.27. The molecule has 0 radical (unpaired) electrons. The highest BCUT2D eigenvalue weighted by Crippen LogP contribution is 2.02. The smallest absolute Gasteiger partial charge is 0.111 e. The molecule has 0 fully saturated rings. The number of hydrogen-bond donors (Lipinski definition) is 1. The highest BCUT2D eigenvalue weighted by molar-refractivity contribution is 4.91. The first-order valence-electron chi connectivity index (χ1n) is 5.12. The molecule has 0 aromatic heterocycles. The molecule has 13 heavy (non-hydrogen) atoms. The maximum atomic E-state index is 8.46. The zero-order chi connectivity index (χ0) is 9.94. The van der Waals surface area contributed by atoms with Crippen LogP contribution in [0.4, 0.5) is 0 Å². The molecule has 0 spiro atoms. The van der Waals surface area contributed by atoms with Crippen LogP contribution in [-0.4, -0.2) is 6.04 Å². The molecule has 0 aromatic rings. The van der Waals surface area contributed by atoms with Crippen molar-refractivity contribution in [1.82, 2.24) is 5.32 Å². The van der Waals surface area contributed by atoms with E-state index in [0.29, 0.717) is 0 Å². The molecule has 2 nitrogen and oxygen atoms in total. The summed E-state index contributed by atoms with van der Waals surface area (Å²) in [6, 6.07) is 2.04. The average molecular weight is 180 g/mol. The van der Waals surface area contributed by atoms with E-state index < -0.39 is 0 Å². The van der Waals surface area contributed by atoms with Gasteiger partial charge in [0.2, 0.25) is 0 Å². The number of hydrogen-bond acceptors (Lipinski definition) is 2. The van der Waals surface area contributed by atoms with Crippen molar-refractivity contribution < 1.29 is 0 Å². The highest BCUT2D eigenvalue weighted by atomic mass is 14.9. The van der Waals surface area contributed by atoms with E-state index in [1.54, 1.807) is 0 Å². The van der Waals surface area contributed by atoms with Crippen molar-refractivity contribution in [2.45, 2.75) is 52.0 Å². The summed E-state index contributed by atoms with van der Waals surface area (Å²) in [6.07, 6.45) is 10.3. The Labute approximate surface area is 81.6 Å². The Morgan fingerprint density at radius 3 is 2.77 bits per heavy atom. The van der Waals surface area contributed by atoms with Gasteiger partial charge in [0.05, 0.1) is 6.07 Å². The molecule has 0 aliphatic rings. The zero-order valence-corrected chi connectivity index (χ0v) is 8.71. The van der Waals surface area contributed by atoms with Crippen molar-refractivity contribution in [3.8, 4) is 6.07 Å². The predicted molar refractivity (Wildman–Crippen MR) is 56.1 cm³/mol. The minimum Gasteiger partial charge on any atom is -0.376 e. The maximum Gasteiger partial charge on any atom is 0.111 e. The summed E-state index contributed by atoms with van der Waals surface area (Å²) in [5.74, 6) is 0. The standard InChI is InChI=1S/C11H20N2/c1-3-4-5-6-7-8-9-13-11(2)10-12/h8-9,11,13H,3-7H2,1-2H3/b9-8+. The Morgan fingerprint density at radius 1 is 1.38 bits per heavy atom. The SMILES string of the molecule is CCCCCC/C=C/NC(C)C#N. The zero-order valence-electron chi connectivity index (χ0n) is 8.71. The van der Waals surface area contributed by atoms with Crippen LogP contribution in [0.15, 0.2) is 12.3 Å². The second kappa shape index (κ2) is 9.12. The van der Waals surface area contributed by atoms with Gasteiger partial charge in [-0.2, -0.15) is 5.26 Å². The van der Waals surface area contributed by atoms with E-state index in [0.717, 1.165) is 6.42 Å². The molecule has 1 N–H and O–H groups in total.